The van der Waals surface area contributed by atoms with Crippen LogP contribution in [0.15, 0.2) is 41.8 Å². The van der Waals surface area contributed by atoms with Crippen molar-refractivity contribution in [2.24, 2.45) is 0 Å². The number of thiazole rings is 1. The van der Waals surface area contributed by atoms with Gasteiger partial charge in [0.15, 0.2) is 5.54 Å². The molecule has 8 nitrogen and oxygen atoms in total. The lowest BCUT2D eigenvalue weighted by Crippen LogP contribution is -2.48. The van der Waals surface area contributed by atoms with Crippen LogP contribution in [0, 0.1) is 6.92 Å². The SMILES string of the molecule is Cc1nc(-c2ccc(CNC(=O)CN3C(=O)NC4(CCOc5ccccc54)C3=O)s2)cs1. The fraction of sp³-hybridized carbons (Fsp3) is 0.273. The first-order chi connectivity index (χ1) is 15.5. The predicted octanol–water partition coefficient (Wildman–Crippen LogP) is 3.03. The lowest BCUT2D eigenvalue weighted by atomic mass is 9.84. The van der Waals surface area contributed by atoms with Crippen LogP contribution in [0.3, 0.4) is 0 Å². The zero-order valence-corrected chi connectivity index (χ0v) is 18.8. The van der Waals surface area contributed by atoms with Crippen LogP contribution in [0.1, 0.15) is 21.9 Å². The van der Waals surface area contributed by atoms with Gasteiger partial charge in [-0.3, -0.25) is 14.5 Å². The van der Waals surface area contributed by atoms with Crippen LogP contribution in [-0.2, 0) is 21.7 Å². The molecule has 1 unspecified atom stereocenters. The number of aromatic nitrogens is 1. The molecule has 2 aromatic heterocycles. The molecule has 164 valence electrons. The minimum atomic E-state index is -1.18. The van der Waals surface area contributed by atoms with Gasteiger partial charge in [-0.2, -0.15) is 0 Å². The summed E-state index contributed by atoms with van der Waals surface area (Å²) in [6.45, 7) is 2.25. The minimum absolute atomic E-state index is 0.308. The zero-order valence-electron chi connectivity index (χ0n) is 17.2. The Morgan fingerprint density at radius 1 is 1.28 bits per heavy atom. The van der Waals surface area contributed by atoms with Crippen LogP contribution in [-0.4, -0.2) is 40.9 Å². The second-order valence-electron chi connectivity index (χ2n) is 7.62. The lowest BCUT2D eigenvalue weighted by Gasteiger charge is -2.33. The molecule has 1 aromatic carbocycles. The second-order valence-corrected chi connectivity index (χ2v) is 9.85. The van der Waals surface area contributed by atoms with Gasteiger partial charge in [0, 0.05) is 22.2 Å². The maximum atomic E-state index is 13.2. The molecule has 5 rings (SSSR count). The summed E-state index contributed by atoms with van der Waals surface area (Å²) in [5.74, 6) is -0.251. The van der Waals surface area contributed by atoms with Crippen LogP contribution in [0.5, 0.6) is 5.75 Å². The second kappa shape index (κ2) is 8.03. The van der Waals surface area contributed by atoms with E-state index < -0.39 is 23.4 Å². The third kappa shape index (κ3) is 3.55. The van der Waals surface area contributed by atoms with E-state index in [1.807, 2.05) is 30.5 Å². The number of hydrogen-bond acceptors (Lipinski definition) is 7. The molecule has 0 radical (unpaired) electrons. The summed E-state index contributed by atoms with van der Waals surface area (Å²) in [7, 11) is 0. The van der Waals surface area contributed by atoms with Crippen molar-refractivity contribution >= 4 is 40.5 Å². The smallest absolute Gasteiger partial charge is 0.325 e. The molecule has 32 heavy (non-hydrogen) atoms. The standard InChI is InChI=1S/C22H20N4O4S2/c1-13-24-16(12-31-13)18-7-6-14(32-18)10-23-19(27)11-26-20(28)22(25-21(26)29)8-9-30-17-5-3-2-4-15(17)22/h2-7,12H,8-11H2,1H3,(H,23,27)(H,25,29). The maximum Gasteiger partial charge on any atom is 0.325 e. The number of para-hydroxylation sites is 1. The first kappa shape index (κ1) is 20.7. The number of nitrogens with one attached hydrogen (secondary N) is 2. The Hall–Kier alpha value is -3.24. The van der Waals surface area contributed by atoms with Crippen LogP contribution in [0.4, 0.5) is 4.79 Å². The van der Waals surface area contributed by atoms with Crippen molar-refractivity contribution < 1.29 is 19.1 Å². The summed E-state index contributed by atoms with van der Waals surface area (Å²) in [5.41, 5.74) is 0.368. The van der Waals surface area contributed by atoms with Crippen molar-refractivity contribution in [3.8, 4) is 16.3 Å². The molecule has 2 aliphatic rings. The average Bonchev–Trinajstić information content (AvgIpc) is 3.49. The molecular formula is C22H20N4O4S2. The van der Waals surface area contributed by atoms with Gasteiger partial charge in [-0.15, -0.1) is 22.7 Å². The largest absolute Gasteiger partial charge is 0.493 e. The van der Waals surface area contributed by atoms with E-state index in [1.165, 1.54) is 0 Å². The molecule has 1 saturated heterocycles. The van der Waals surface area contributed by atoms with Gasteiger partial charge >= 0.3 is 6.03 Å². The number of amides is 4. The molecule has 4 heterocycles. The zero-order chi connectivity index (χ0) is 22.3. The fourth-order valence-electron chi connectivity index (χ4n) is 3.99. The summed E-state index contributed by atoms with van der Waals surface area (Å²) in [5, 5.41) is 8.61. The summed E-state index contributed by atoms with van der Waals surface area (Å²) < 4.78 is 5.63. The van der Waals surface area contributed by atoms with Crippen molar-refractivity contribution in [3.05, 3.63) is 57.2 Å². The van der Waals surface area contributed by atoms with Gasteiger partial charge in [0.25, 0.3) is 5.91 Å². The molecular weight excluding hydrogens is 448 g/mol. The van der Waals surface area contributed by atoms with Gasteiger partial charge in [-0.25, -0.2) is 9.78 Å². The van der Waals surface area contributed by atoms with Crippen molar-refractivity contribution in [1.82, 2.24) is 20.5 Å². The van der Waals surface area contributed by atoms with Gasteiger partial charge in [0.1, 0.15) is 12.3 Å². The van der Waals surface area contributed by atoms with E-state index in [9.17, 15) is 14.4 Å². The van der Waals surface area contributed by atoms with Crippen molar-refractivity contribution in [3.63, 3.8) is 0 Å². The number of aryl methyl sites for hydroxylation is 1. The maximum absolute atomic E-state index is 13.2. The number of fused-ring (bicyclic) bond motifs is 2. The molecule has 2 N–H and O–H groups in total. The first-order valence-electron chi connectivity index (χ1n) is 10.1. The average molecular weight is 469 g/mol. The Kier molecular flexibility index (Phi) is 5.18. The summed E-state index contributed by atoms with van der Waals surface area (Å²) in [6.07, 6.45) is 0.320. The molecule has 1 spiro atoms. The molecule has 0 bridgehead atoms. The Bertz CT molecular complexity index is 1220. The van der Waals surface area contributed by atoms with Gasteiger partial charge in [0.05, 0.1) is 28.7 Å². The summed E-state index contributed by atoms with van der Waals surface area (Å²) in [6, 6.07) is 10.5. The number of benzene rings is 1. The summed E-state index contributed by atoms with van der Waals surface area (Å²) in [4.78, 5) is 45.8. The number of thiophene rings is 1. The van der Waals surface area contributed by atoms with Crippen molar-refractivity contribution in [2.75, 3.05) is 13.2 Å². The Balaban J connectivity index is 1.24. The molecule has 0 aliphatic carbocycles. The van der Waals surface area contributed by atoms with E-state index in [0.29, 0.717) is 30.9 Å². The number of nitrogens with zero attached hydrogens (tertiary/aromatic N) is 2. The van der Waals surface area contributed by atoms with Crippen LogP contribution in [0.25, 0.3) is 10.6 Å². The molecule has 2 aliphatic heterocycles. The highest BCUT2D eigenvalue weighted by Gasteiger charge is 2.55. The van der Waals surface area contributed by atoms with Crippen molar-refractivity contribution in [1.29, 1.82) is 0 Å². The van der Waals surface area contributed by atoms with E-state index in [4.69, 9.17) is 4.74 Å². The Labute approximate surface area is 192 Å². The minimum Gasteiger partial charge on any atom is -0.493 e. The van der Waals surface area contributed by atoms with Gasteiger partial charge in [0.2, 0.25) is 5.91 Å². The quantitative estimate of drug-likeness (QED) is 0.561. The highest BCUT2D eigenvalue weighted by atomic mass is 32.1. The predicted molar refractivity (Wildman–Crippen MR) is 120 cm³/mol. The molecule has 1 fully saturated rings. The Morgan fingerprint density at radius 3 is 2.94 bits per heavy atom. The number of imide groups is 1. The molecule has 4 amide bonds. The highest BCUT2D eigenvalue weighted by molar-refractivity contribution is 7.16. The molecule has 0 saturated carbocycles. The third-order valence-electron chi connectivity index (χ3n) is 5.55. The molecule has 3 aromatic rings. The topological polar surface area (TPSA) is 101 Å². The van der Waals surface area contributed by atoms with E-state index in [0.717, 1.165) is 25.4 Å². The highest BCUT2D eigenvalue weighted by Crippen LogP contribution is 2.40. The molecule has 10 heteroatoms. The van der Waals surface area contributed by atoms with Crippen LogP contribution in [0.2, 0.25) is 0 Å². The first-order valence-corrected chi connectivity index (χ1v) is 11.8. The van der Waals surface area contributed by atoms with Crippen LogP contribution < -0.4 is 15.4 Å². The number of hydrogen-bond donors (Lipinski definition) is 2. The van der Waals surface area contributed by atoms with E-state index in [2.05, 4.69) is 15.6 Å². The fourth-order valence-corrected chi connectivity index (χ4v) is 5.58. The normalized spacial score (nSPS) is 19.6. The van der Waals surface area contributed by atoms with Crippen LogP contribution >= 0.6 is 22.7 Å². The number of urea groups is 1. The Morgan fingerprint density at radius 2 is 2.12 bits per heavy atom. The van der Waals surface area contributed by atoms with Crippen molar-refractivity contribution in [2.45, 2.75) is 25.4 Å². The lowest BCUT2D eigenvalue weighted by molar-refractivity contribution is -0.136. The number of carbonyl (C=O) groups is 3. The third-order valence-corrected chi connectivity index (χ3v) is 7.43. The molecule has 1 atom stereocenters. The monoisotopic (exact) mass is 468 g/mol. The van der Waals surface area contributed by atoms with Gasteiger partial charge in [-0.1, -0.05) is 18.2 Å². The number of ether oxygens (including phenoxy) is 1. The van der Waals surface area contributed by atoms with E-state index >= 15 is 0 Å². The number of rotatable bonds is 5. The number of carbonyl (C=O) groups excluding carboxylic acids is 3. The van der Waals surface area contributed by atoms with E-state index in [-0.39, 0.29) is 6.54 Å². The van der Waals surface area contributed by atoms with Gasteiger partial charge in [-0.05, 0) is 25.1 Å². The summed E-state index contributed by atoms with van der Waals surface area (Å²) >= 11 is 3.14. The van der Waals surface area contributed by atoms with Gasteiger partial charge < -0.3 is 15.4 Å². The van der Waals surface area contributed by atoms with E-state index in [1.54, 1.807) is 40.9 Å².